The molecule has 2 aromatic rings. The van der Waals surface area contributed by atoms with E-state index in [9.17, 15) is 0 Å². The third-order valence-corrected chi connectivity index (χ3v) is 7.30. The second-order valence-corrected chi connectivity index (χ2v) is 9.47. The van der Waals surface area contributed by atoms with E-state index in [1.807, 2.05) is 0 Å². The van der Waals surface area contributed by atoms with E-state index < -0.39 is 0 Å². The van der Waals surface area contributed by atoms with Crippen molar-refractivity contribution in [3.05, 3.63) is 58.1 Å². The summed E-state index contributed by atoms with van der Waals surface area (Å²) in [7, 11) is 0. The Morgan fingerprint density at radius 3 is 1.80 bits per heavy atom. The van der Waals surface area contributed by atoms with E-state index in [1.54, 1.807) is 11.1 Å². The minimum atomic E-state index is 0. The average molecular weight is 494 g/mol. The van der Waals surface area contributed by atoms with Crippen molar-refractivity contribution in [1.29, 1.82) is 0 Å². The molecular weight excluding hydrogens is 453 g/mol. The maximum Gasteiger partial charge on any atom is 2.00 e. The Bertz CT molecular complexity index is 760. The molecule has 0 atom stereocenters. The first-order chi connectivity index (χ1) is 13.7. The van der Waals surface area contributed by atoms with Crippen molar-refractivity contribution in [3.63, 3.8) is 0 Å². The van der Waals surface area contributed by atoms with Crippen molar-refractivity contribution in [2.75, 3.05) is 0 Å². The average Bonchev–Trinajstić information content (AvgIpc) is 3.00. The van der Waals surface area contributed by atoms with Gasteiger partial charge in [-0.3, -0.25) is 0 Å². The zero-order valence-electron chi connectivity index (χ0n) is 23.3. The molecule has 0 spiro atoms. The van der Waals surface area contributed by atoms with Crippen LogP contribution in [0.4, 0.5) is 0 Å². The quantitative estimate of drug-likeness (QED) is 0.204. The summed E-state index contributed by atoms with van der Waals surface area (Å²) in [6, 6.07) is 16.0. The van der Waals surface area contributed by atoms with E-state index in [0.717, 1.165) is 0 Å². The molecule has 30 heavy (non-hydrogen) atoms. The van der Waals surface area contributed by atoms with Gasteiger partial charge in [0.1, 0.15) is 0 Å². The fourth-order valence-electron chi connectivity index (χ4n) is 5.21. The van der Waals surface area contributed by atoms with Crippen molar-refractivity contribution in [2.24, 2.45) is 0 Å². The Morgan fingerprint density at radius 1 is 0.667 bits per heavy atom. The second-order valence-electron chi connectivity index (χ2n) is 8.62. The smallest absolute Gasteiger partial charge is 1.00 e. The minimum Gasteiger partial charge on any atom is -1.00 e. The number of halogens is 1. The number of rotatable bonds is 12. The van der Waals surface area contributed by atoms with Crippen LogP contribution in [0.5, 0.6) is 0 Å². The Labute approximate surface area is 231 Å². The fraction of sp³-hybridized carbons (Fsp3) is 0.556. The minimum absolute atomic E-state index is 0. The predicted molar refractivity (Wildman–Crippen MR) is 143 cm³/mol. The zero-order valence-corrected chi connectivity index (χ0v) is 23.7. The normalized spacial score (nSPS) is 13.2. The van der Waals surface area contributed by atoms with Gasteiger partial charge in [0.2, 0.25) is 0 Å². The molecule has 1 aliphatic rings. The summed E-state index contributed by atoms with van der Waals surface area (Å²) in [6.07, 6.45) is 16.1. The third-order valence-electron chi connectivity index (χ3n) is 6.64. The molecule has 0 nitrogen and oxygen atoms in total. The molecule has 0 N–H and O–H groups in total. The molecule has 2 aromatic carbocycles. The Hall–Kier alpha value is 0.452. The summed E-state index contributed by atoms with van der Waals surface area (Å²) in [5.74, 6) is 0. The van der Waals surface area contributed by atoms with E-state index in [2.05, 4.69) is 72.2 Å². The van der Waals surface area contributed by atoms with Crippen molar-refractivity contribution < 1.29 is 5.71 Å². The van der Waals surface area contributed by atoms with E-state index in [0.29, 0.717) is 0 Å². The summed E-state index contributed by atoms with van der Waals surface area (Å²) in [6.45, 7) is 4.61. The number of benzene rings is 2. The van der Waals surface area contributed by atoms with Crippen LogP contribution in [0.2, 0.25) is 0 Å². The molecule has 0 aliphatic heterocycles. The van der Waals surface area contributed by atoms with Crippen molar-refractivity contribution >= 4 is 62.0 Å². The molecule has 3 heteroatoms. The van der Waals surface area contributed by atoms with Crippen LogP contribution in [0, 0.1) is 0 Å². The Balaban J connectivity index is -0.000000750. The van der Waals surface area contributed by atoms with Crippen LogP contribution in [0.25, 0.3) is 11.1 Å². The number of unbranched alkanes of at least 4 members (excludes halogenated alkanes) is 8. The van der Waals surface area contributed by atoms with E-state index in [4.69, 9.17) is 0 Å². The maximum absolute atomic E-state index is 3.95. The first-order valence-electron chi connectivity index (χ1n) is 11.6. The maximum atomic E-state index is 3.95. The third kappa shape index (κ3) is 6.50. The van der Waals surface area contributed by atoms with Crippen LogP contribution in [-0.2, 0) is 5.41 Å². The predicted octanol–water partition coefficient (Wildman–Crippen LogP) is 9.12. The molecular formula is C27H41BrMg2. The van der Waals surface area contributed by atoms with Crippen LogP contribution >= 0.6 is 15.9 Å². The fourth-order valence-corrected chi connectivity index (χ4v) is 5.96. The molecule has 0 saturated carbocycles. The van der Waals surface area contributed by atoms with Crippen molar-refractivity contribution in [3.8, 4) is 11.1 Å². The zero-order chi connectivity index (χ0) is 19.8. The molecule has 0 bridgehead atoms. The van der Waals surface area contributed by atoms with Crippen LogP contribution in [-0.4, -0.2) is 46.1 Å². The second kappa shape index (κ2) is 14.6. The van der Waals surface area contributed by atoms with Gasteiger partial charge in [-0.1, -0.05) is 130 Å². The van der Waals surface area contributed by atoms with Crippen LogP contribution in [0.1, 0.15) is 108 Å². The topological polar surface area (TPSA) is 0 Å². The molecule has 0 heterocycles. The molecule has 1 aliphatic carbocycles. The summed E-state index contributed by atoms with van der Waals surface area (Å²) >= 11 is 3.95. The number of fused-ring (bicyclic) bond motifs is 3. The molecule has 0 radical (unpaired) electrons. The van der Waals surface area contributed by atoms with Gasteiger partial charge in [-0.05, 0) is 41.2 Å². The van der Waals surface area contributed by atoms with Gasteiger partial charge in [0.25, 0.3) is 0 Å². The molecule has 0 amide bonds. The Morgan fingerprint density at radius 2 is 1.20 bits per heavy atom. The largest absolute Gasteiger partial charge is 2.00 e. The number of hydrogen-bond donors (Lipinski definition) is 0. The molecule has 3 rings (SSSR count). The summed E-state index contributed by atoms with van der Waals surface area (Å²) < 4.78 is 1.31. The summed E-state index contributed by atoms with van der Waals surface area (Å²) in [5, 5.41) is 0. The van der Waals surface area contributed by atoms with E-state index >= 15 is 0 Å². The Kier molecular flexibility index (Phi) is 13.8. The number of hydrogen-bond acceptors (Lipinski definition) is 0. The van der Waals surface area contributed by atoms with Gasteiger partial charge in [0.05, 0.1) is 0 Å². The monoisotopic (exact) mass is 492 g/mol. The van der Waals surface area contributed by atoms with Gasteiger partial charge in [-0.2, -0.15) is 0 Å². The van der Waals surface area contributed by atoms with Gasteiger partial charge in [-0.15, -0.1) is 0 Å². The van der Waals surface area contributed by atoms with Crippen LogP contribution in [0.15, 0.2) is 46.9 Å². The summed E-state index contributed by atoms with van der Waals surface area (Å²) in [4.78, 5) is 0. The standard InChI is InChI=1S/C27H37Br.2Mg.4H/c1-3-5-7-9-13-20-27(21-14-10-8-6-4-2)24-18-12-11-16-22(24)23-17-15-19-25(28)26(23)27;;;;;;/h11-12,15-19H,3-10,13-14,20-21H2,1-2H3;;;;;;/q;2*+2;4*-1. The molecule has 160 valence electrons. The van der Waals surface area contributed by atoms with Crippen molar-refractivity contribution in [1.82, 2.24) is 0 Å². The van der Waals surface area contributed by atoms with Crippen LogP contribution in [0.3, 0.4) is 0 Å². The van der Waals surface area contributed by atoms with Gasteiger partial charge in [0, 0.05) is 9.89 Å². The molecule has 0 fully saturated rings. The van der Waals surface area contributed by atoms with Crippen LogP contribution < -0.4 is 0 Å². The summed E-state index contributed by atoms with van der Waals surface area (Å²) in [5.41, 5.74) is 6.29. The SMILES string of the molecule is CCCCCCCC1(CCCCCCC)c2ccccc2-c2cccc(Br)c21.[H-].[H-].[H-].[H-].[Mg+2].[Mg+2]. The van der Waals surface area contributed by atoms with Crippen molar-refractivity contribution in [2.45, 2.75) is 96.3 Å². The molecule has 0 aromatic heterocycles. The first kappa shape index (κ1) is 28.5. The van der Waals surface area contributed by atoms with Gasteiger partial charge >= 0.3 is 46.1 Å². The van der Waals surface area contributed by atoms with Gasteiger partial charge < -0.3 is 5.71 Å². The van der Waals surface area contributed by atoms with E-state index in [-0.39, 0.29) is 57.2 Å². The molecule has 0 unspecified atom stereocenters. The van der Waals surface area contributed by atoms with Gasteiger partial charge in [0.15, 0.2) is 0 Å². The van der Waals surface area contributed by atoms with E-state index in [1.165, 1.54) is 92.6 Å². The first-order valence-corrected chi connectivity index (χ1v) is 12.4. The molecule has 0 saturated heterocycles. The van der Waals surface area contributed by atoms with Gasteiger partial charge in [-0.25, -0.2) is 0 Å².